The standard InChI is InChI=1S/C40H80N2/c1-4-6-8-10-12-14-16-18-20-21-23-25-27-29-31-33-35-37-42-39-38-41(40(42)3)36-34-32-30-28-26-24-22-19-17-15-13-11-9-7-5-2/h38-40H,4-37H2,1-3H3. The highest BCUT2D eigenvalue weighted by atomic mass is 15.4. The van der Waals surface area contributed by atoms with Gasteiger partial charge < -0.3 is 9.80 Å². The van der Waals surface area contributed by atoms with Gasteiger partial charge in [-0.2, -0.15) is 0 Å². The fraction of sp³-hybridized carbons (Fsp3) is 0.950. The third-order valence-corrected chi connectivity index (χ3v) is 9.95. The fourth-order valence-electron chi connectivity index (χ4n) is 6.82. The Labute approximate surface area is 267 Å². The summed E-state index contributed by atoms with van der Waals surface area (Å²) < 4.78 is 0. The van der Waals surface area contributed by atoms with Crippen molar-refractivity contribution >= 4 is 0 Å². The van der Waals surface area contributed by atoms with Crippen molar-refractivity contribution in [2.45, 2.75) is 232 Å². The first-order chi connectivity index (χ1) is 20.8. The fourth-order valence-corrected chi connectivity index (χ4v) is 6.82. The van der Waals surface area contributed by atoms with Crippen molar-refractivity contribution in [1.29, 1.82) is 0 Å². The zero-order valence-corrected chi connectivity index (χ0v) is 29.7. The van der Waals surface area contributed by atoms with Gasteiger partial charge in [0, 0.05) is 25.5 Å². The Morgan fingerprint density at radius 3 is 0.714 bits per heavy atom. The average Bonchev–Trinajstić information content (AvgIpc) is 3.35. The van der Waals surface area contributed by atoms with Crippen molar-refractivity contribution in [3.8, 4) is 0 Å². The molecule has 42 heavy (non-hydrogen) atoms. The van der Waals surface area contributed by atoms with E-state index in [2.05, 4.69) is 43.0 Å². The summed E-state index contributed by atoms with van der Waals surface area (Å²) in [5, 5.41) is 0. The van der Waals surface area contributed by atoms with Crippen LogP contribution in [0.5, 0.6) is 0 Å². The quantitative estimate of drug-likeness (QED) is 0.0690. The molecule has 1 heterocycles. The van der Waals surface area contributed by atoms with E-state index >= 15 is 0 Å². The summed E-state index contributed by atoms with van der Waals surface area (Å²) in [4.78, 5) is 5.16. The Bertz CT molecular complexity index is 544. The van der Waals surface area contributed by atoms with E-state index in [-0.39, 0.29) is 0 Å². The van der Waals surface area contributed by atoms with Crippen molar-refractivity contribution in [3.05, 3.63) is 12.4 Å². The second-order valence-corrected chi connectivity index (χ2v) is 14.0. The Morgan fingerprint density at radius 1 is 0.310 bits per heavy atom. The summed E-state index contributed by atoms with van der Waals surface area (Å²) in [6, 6.07) is 0. The van der Waals surface area contributed by atoms with Crippen LogP contribution in [0, 0.1) is 0 Å². The Morgan fingerprint density at radius 2 is 0.500 bits per heavy atom. The van der Waals surface area contributed by atoms with Crippen molar-refractivity contribution in [3.63, 3.8) is 0 Å². The number of rotatable bonds is 34. The Kier molecular flexibility index (Phi) is 29.8. The molecule has 2 heteroatoms. The van der Waals surface area contributed by atoms with Gasteiger partial charge in [0.25, 0.3) is 0 Å². The van der Waals surface area contributed by atoms with Crippen LogP contribution in [0.4, 0.5) is 0 Å². The molecule has 1 unspecified atom stereocenters. The molecule has 0 saturated carbocycles. The molecule has 0 amide bonds. The molecule has 0 aromatic heterocycles. The molecule has 0 saturated heterocycles. The molecule has 0 aromatic rings. The Hall–Kier alpha value is -0.660. The molecule has 250 valence electrons. The van der Waals surface area contributed by atoms with Gasteiger partial charge in [-0.1, -0.05) is 206 Å². The third-order valence-electron chi connectivity index (χ3n) is 9.95. The van der Waals surface area contributed by atoms with Crippen LogP contribution in [-0.2, 0) is 0 Å². The molecule has 1 rings (SSSR count). The van der Waals surface area contributed by atoms with Crippen molar-refractivity contribution in [2.75, 3.05) is 13.1 Å². The number of nitrogens with zero attached hydrogens (tertiary/aromatic N) is 2. The monoisotopic (exact) mass is 589 g/mol. The van der Waals surface area contributed by atoms with Gasteiger partial charge >= 0.3 is 0 Å². The van der Waals surface area contributed by atoms with Crippen molar-refractivity contribution in [2.24, 2.45) is 0 Å². The number of hydrogen-bond donors (Lipinski definition) is 0. The predicted molar refractivity (Wildman–Crippen MR) is 191 cm³/mol. The predicted octanol–water partition coefficient (Wildman–Crippen LogP) is 13.9. The van der Waals surface area contributed by atoms with Crippen LogP contribution in [-0.4, -0.2) is 29.1 Å². The van der Waals surface area contributed by atoms with Gasteiger partial charge in [-0.25, -0.2) is 0 Å². The van der Waals surface area contributed by atoms with E-state index in [1.165, 1.54) is 219 Å². The summed E-state index contributed by atoms with van der Waals surface area (Å²) in [6.07, 6.45) is 51.7. The highest BCUT2D eigenvalue weighted by Crippen LogP contribution is 2.19. The minimum Gasteiger partial charge on any atom is -0.356 e. The average molecular weight is 589 g/mol. The summed E-state index contributed by atoms with van der Waals surface area (Å²) in [6.45, 7) is 9.50. The van der Waals surface area contributed by atoms with Crippen LogP contribution in [0.2, 0.25) is 0 Å². The second kappa shape index (κ2) is 31.8. The van der Waals surface area contributed by atoms with Crippen LogP contribution in [0.3, 0.4) is 0 Å². The second-order valence-electron chi connectivity index (χ2n) is 14.0. The van der Waals surface area contributed by atoms with Crippen LogP contribution in [0.15, 0.2) is 12.4 Å². The molecule has 2 nitrogen and oxygen atoms in total. The molecule has 0 aromatic carbocycles. The maximum atomic E-state index is 2.58. The zero-order valence-electron chi connectivity index (χ0n) is 29.7. The summed E-state index contributed by atoms with van der Waals surface area (Å²) in [5.41, 5.74) is 0. The van der Waals surface area contributed by atoms with Gasteiger partial charge in [0.15, 0.2) is 0 Å². The highest BCUT2D eigenvalue weighted by Gasteiger charge is 2.20. The SMILES string of the molecule is CCCCCCCCCCCCCCCCCCCN1C=CN(CCCCCCCCCCCCCCCCC)C1C. The first kappa shape index (κ1) is 39.4. The van der Waals surface area contributed by atoms with Crippen molar-refractivity contribution < 1.29 is 0 Å². The molecule has 0 bridgehead atoms. The van der Waals surface area contributed by atoms with E-state index in [0.29, 0.717) is 6.17 Å². The number of unbranched alkanes of at least 4 members (excludes halogenated alkanes) is 30. The molecule has 0 radical (unpaired) electrons. The molecule has 1 atom stereocenters. The zero-order chi connectivity index (χ0) is 30.2. The van der Waals surface area contributed by atoms with Crippen molar-refractivity contribution in [1.82, 2.24) is 9.80 Å². The summed E-state index contributed by atoms with van der Waals surface area (Å²) in [7, 11) is 0. The van der Waals surface area contributed by atoms with Gasteiger partial charge in [-0.15, -0.1) is 0 Å². The first-order valence-electron chi connectivity index (χ1n) is 20.0. The third kappa shape index (κ3) is 24.7. The van der Waals surface area contributed by atoms with Crippen LogP contribution < -0.4 is 0 Å². The molecule has 0 aliphatic carbocycles. The molecule has 0 fully saturated rings. The molecule has 1 aliphatic rings. The molecule has 0 N–H and O–H groups in total. The van der Waals surface area contributed by atoms with E-state index in [1.54, 1.807) is 0 Å². The molecule has 0 spiro atoms. The normalized spacial score (nSPS) is 15.0. The van der Waals surface area contributed by atoms with E-state index in [9.17, 15) is 0 Å². The molecular weight excluding hydrogens is 508 g/mol. The first-order valence-corrected chi connectivity index (χ1v) is 20.0. The lowest BCUT2D eigenvalue weighted by molar-refractivity contribution is 0.165. The summed E-state index contributed by atoms with van der Waals surface area (Å²) >= 11 is 0. The lowest BCUT2D eigenvalue weighted by Crippen LogP contribution is -2.36. The van der Waals surface area contributed by atoms with Gasteiger partial charge in [0.05, 0.1) is 6.17 Å². The minimum atomic E-state index is 0.567. The van der Waals surface area contributed by atoms with Crippen LogP contribution >= 0.6 is 0 Å². The molecular formula is C40H80N2. The van der Waals surface area contributed by atoms with E-state index in [4.69, 9.17) is 0 Å². The van der Waals surface area contributed by atoms with E-state index < -0.39 is 0 Å². The van der Waals surface area contributed by atoms with E-state index in [0.717, 1.165) is 0 Å². The lowest BCUT2D eigenvalue weighted by atomic mass is 10.0. The van der Waals surface area contributed by atoms with E-state index in [1.807, 2.05) is 0 Å². The van der Waals surface area contributed by atoms with Gasteiger partial charge in [0.1, 0.15) is 0 Å². The van der Waals surface area contributed by atoms with Crippen LogP contribution in [0.25, 0.3) is 0 Å². The topological polar surface area (TPSA) is 6.48 Å². The maximum absolute atomic E-state index is 2.58. The largest absolute Gasteiger partial charge is 0.356 e. The van der Waals surface area contributed by atoms with Gasteiger partial charge in [-0.05, 0) is 19.8 Å². The van der Waals surface area contributed by atoms with Crippen LogP contribution in [0.1, 0.15) is 226 Å². The number of hydrogen-bond acceptors (Lipinski definition) is 2. The Balaban J connectivity index is 1.79. The summed E-state index contributed by atoms with van der Waals surface area (Å²) in [5.74, 6) is 0. The lowest BCUT2D eigenvalue weighted by Gasteiger charge is -2.30. The molecule has 1 aliphatic heterocycles. The smallest absolute Gasteiger partial charge is 0.0977 e. The van der Waals surface area contributed by atoms with Gasteiger partial charge in [-0.3, -0.25) is 0 Å². The van der Waals surface area contributed by atoms with Gasteiger partial charge in [0.2, 0.25) is 0 Å². The maximum Gasteiger partial charge on any atom is 0.0977 e. The minimum absolute atomic E-state index is 0.567. The highest BCUT2D eigenvalue weighted by molar-refractivity contribution is 4.95.